The van der Waals surface area contributed by atoms with Gasteiger partial charge in [0, 0.05) is 11.3 Å². The lowest BCUT2D eigenvalue weighted by molar-refractivity contribution is -0.121. The third-order valence-electron chi connectivity index (χ3n) is 3.40. The van der Waals surface area contributed by atoms with Crippen LogP contribution in [-0.4, -0.2) is 21.6 Å². The van der Waals surface area contributed by atoms with Crippen molar-refractivity contribution in [3.63, 3.8) is 0 Å². The third-order valence-corrected chi connectivity index (χ3v) is 3.40. The van der Waals surface area contributed by atoms with E-state index in [0.717, 1.165) is 24.1 Å². The van der Waals surface area contributed by atoms with E-state index in [1.165, 1.54) is 0 Å². The Balaban J connectivity index is 2.10. The average Bonchev–Trinajstić information content (AvgIpc) is 3.02. The largest absolute Gasteiger partial charge is 0.317 e. The molecule has 1 heterocycles. The maximum atomic E-state index is 12.0. The number of anilines is 1. The van der Waals surface area contributed by atoms with Crippen LogP contribution in [0.2, 0.25) is 0 Å². The number of amides is 1. The molecule has 5 nitrogen and oxygen atoms in total. The fourth-order valence-corrected chi connectivity index (χ4v) is 1.72. The molecule has 88 valence electrons. The number of nitrogens with one attached hydrogen (secondary N) is 2. The van der Waals surface area contributed by atoms with Gasteiger partial charge in [0.1, 0.15) is 0 Å². The Morgan fingerprint density at radius 2 is 2.19 bits per heavy atom. The average molecular weight is 222 g/mol. The lowest BCUT2D eigenvalue weighted by Gasteiger charge is -2.22. The van der Waals surface area contributed by atoms with Gasteiger partial charge >= 0.3 is 0 Å². The van der Waals surface area contributed by atoms with Gasteiger partial charge in [-0.05, 0) is 39.5 Å². The number of nitrogens with zero attached hydrogens (tertiary/aromatic N) is 1. The summed E-state index contributed by atoms with van der Waals surface area (Å²) >= 11 is 0. The molecule has 1 aromatic heterocycles. The summed E-state index contributed by atoms with van der Waals surface area (Å²) in [5.41, 5.74) is 7.16. The quantitative estimate of drug-likeness (QED) is 0.715. The summed E-state index contributed by atoms with van der Waals surface area (Å²) in [5.74, 6) is 0.747. The topological polar surface area (TPSA) is 83.8 Å². The second-order valence-corrected chi connectivity index (χ2v) is 4.83. The highest BCUT2D eigenvalue weighted by Crippen LogP contribution is 2.38. The molecule has 4 N–H and O–H groups in total. The van der Waals surface area contributed by atoms with Crippen LogP contribution >= 0.6 is 0 Å². The van der Waals surface area contributed by atoms with E-state index >= 15 is 0 Å². The molecule has 0 spiro atoms. The fourth-order valence-electron chi connectivity index (χ4n) is 1.72. The molecule has 1 amide bonds. The molecular formula is C11H18N4O. The van der Waals surface area contributed by atoms with Crippen molar-refractivity contribution in [2.45, 2.75) is 39.2 Å². The maximum Gasteiger partial charge on any atom is 0.245 e. The maximum absolute atomic E-state index is 12.0. The van der Waals surface area contributed by atoms with Gasteiger partial charge < -0.3 is 11.1 Å². The zero-order chi connectivity index (χ0) is 11.9. The van der Waals surface area contributed by atoms with Crippen LogP contribution in [0.25, 0.3) is 0 Å². The van der Waals surface area contributed by atoms with Crippen molar-refractivity contribution in [1.29, 1.82) is 0 Å². The number of aromatic nitrogens is 2. The molecule has 0 aliphatic heterocycles. The Bertz CT molecular complexity index is 418. The SMILES string of the molecule is Cc1[nH]nc(NC(=O)C(C)(N)C2CC2)c1C. The predicted molar refractivity (Wildman–Crippen MR) is 62.0 cm³/mol. The van der Waals surface area contributed by atoms with Crippen LogP contribution in [0, 0.1) is 19.8 Å². The van der Waals surface area contributed by atoms with Crippen molar-refractivity contribution < 1.29 is 4.79 Å². The van der Waals surface area contributed by atoms with E-state index < -0.39 is 5.54 Å². The Morgan fingerprint density at radius 3 is 2.62 bits per heavy atom. The van der Waals surface area contributed by atoms with E-state index in [4.69, 9.17) is 5.73 Å². The van der Waals surface area contributed by atoms with E-state index in [2.05, 4.69) is 15.5 Å². The zero-order valence-corrected chi connectivity index (χ0v) is 9.92. The summed E-state index contributed by atoms with van der Waals surface area (Å²) < 4.78 is 0. The van der Waals surface area contributed by atoms with Crippen molar-refractivity contribution in [3.8, 4) is 0 Å². The van der Waals surface area contributed by atoms with Gasteiger partial charge in [-0.1, -0.05) is 0 Å². The molecule has 0 radical (unpaired) electrons. The van der Waals surface area contributed by atoms with E-state index in [1.54, 1.807) is 6.92 Å². The molecule has 1 saturated carbocycles. The minimum Gasteiger partial charge on any atom is -0.317 e. The Hall–Kier alpha value is -1.36. The Morgan fingerprint density at radius 1 is 1.56 bits per heavy atom. The highest BCUT2D eigenvalue weighted by atomic mass is 16.2. The van der Waals surface area contributed by atoms with Crippen LogP contribution in [0.5, 0.6) is 0 Å². The Kier molecular flexibility index (Phi) is 2.50. The molecule has 0 bridgehead atoms. The molecule has 2 rings (SSSR count). The number of hydrogen-bond donors (Lipinski definition) is 3. The molecule has 1 atom stereocenters. The van der Waals surface area contributed by atoms with Crippen molar-refractivity contribution >= 4 is 11.7 Å². The first-order chi connectivity index (χ1) is 7.43. The summed E-state index contributed by atoms with van der Waals surface area (Å²) in [6, 6.07) is 0. The van der Waals surface area contributed by atoms with E-state index in [1.807, 2.05) is 13.8 Å². The van der Waals surface area contributed by atoms with Crippen molar-refractivity contribution in [3.05, 3.63) is 11.3 Å². The number of nitrogens with two attached hydrogens (primary N) is 1. The highest BCUT2D eigenvalue weighted by molar-refractivity contribution is 5.98. The van der Waals surface area contributed by atoms with Crippen LogP contribution in [0.4, 0.5) is 5.82 Å². The molecular weight excluding hydrogens is 204 g/mol. The van der Waals surface area contributed by atoms with Crippen molar-refractivity contribution in [2.24, 2.45) is 11.7 Å². The summed E-state index contributed by atoms with van der Waals surface area (Å²) in [6.07, 6.45) is 2.08. The smallest absolute Gasteiger partial charge is 0.245 e. The van der Waals surface area contributed by atoms with Crippen LogP contribution in [0.15, 0.2) is 0 Å². The van der Waals surface area contributed by atoms with Gasteiger partial charge in [0.15, 0.2) is 5.82 Å². The fraction of sp³-hybridized carbons (Fsp3) is 0.636. The third kappa shape index (κ3) is 1.82. The van der Waals surface area contributed by atoms with Gasteiger partial charge in [0.05, 0.1) is 5.54 Å². The normalized spacial score (nSPS) is 19.2. The van der Waals surface area contributed by atoms with Crippen molar-refractivity contribution in [2.75, 3.05) is 5.32 Å². The van der Waals surface area contributed by atoms with Gasteiger partial charge in [-0.15, -0.1) is 0 Å². The first-order valence-electron chi connectivity index (χ1n) is 5.55. The number of aromatic amines is 1. The van der Waals surface area contributed by atoms with E-state index in [-0.39, 0.29) is 5.91 Å². The number of H-pyrrole nitrogens is 1. The van der Waals surface area contributed by atoms with E-state index in [9.17, 15) is 4.79 Å². The number of aryl methyl sites for hydroxylation is 1. The minimum atomic E-state index is -0.778. The molecule has 1 aliphatic carbocycles. The molecule has 5 heteroatoms. The molecule has 0 saturated heterocycles. The summed E-state index contributed by atoms with van der Waals surface area (Å²) in [7, 11) is 0. The van der Waals surface area contributed by atoms with Gasteiger partial charge in [-0.2, -0.15) is 5.10 Å². The zero-order valence-electron chi connectivity index (χ0n) is 9.92. The first kappa shape index (κ1) is 11.1. The standard InChI is InChI=1S/C11H18N4O/c1-6-7(2)14-15-9(6)13-10(16)11(3,12)8-4-5-8/h8H,4-5,12H2,1-3H3,(H2,13,14,15,16). The number of hydrogen-bond acceptors (Lipinski definition) is 3. The summed E-state index contributed by atoms with van der Waals surface area (Å²) in [4.78, 5) is 12.0. The molecule has 0 aromatic carbocycles. The molecule has 1 aromatic rings. The first-order valence-corrected chi connectivity index (χ1v) is 5.55. The van der Waals surface area contributed by atoms with Crippen LogP contribution in [-0.2, 0) is 4.79 Å². The molecule has 1 fully saturated rings. The number of carbonyl (C=O) groups is 1. The van der Waals surface area contributed by atoms with Gasteiger partial charge in [0.25, 0.3) is 0 Å². The predicted octanol–water partition coefficient (Wildman–Crippen LogP) is 1.09. The second-order valence-electron chi connectivity index (χ2n) is 4.83. The second kappa shape index (κ2) is 3.59. The highest BCUT2D eigenvalue weighted by Gasteiger charge is 2.44. The molecule has 1 unspecified atom stereocenters. The van der Waals surface area contributed by atoms with Crippen LogP contribution < -0.4 is 11.1 Å². The summed E-state index contributed by atoms with van der Waals surface area (Å²) in [6.45, 7) is 5.62. The molecule has 1 aliphatic rings. The van der Waals surface area contributed by atoms with Gasteiger partial charge in [-0.25, -0.2) is 0 Å². The number of rotatable bonds is 3. The Labute approximate surface area is 94.8 Å². The monoisotopic (exact) mass is 222 g/mol. The van der Waals surface area contributed by atoms with Crippen LogP contribution in [0.1, 0.15) is 31.0 Å². The summed E-state index contributed by atoms with van der Waals surface area (Å²) in [5, 5.41) is 9.66. The lowest BCUT2D eigenvalue weighted by Crippen LogP contribution is -2.50. The molecule has 16 heavy (non-hydrogen) atoms. The van der Waals surface area contributed by atoms with Crippen LogP contribution in [0.3, 0.4) is 0 Å². The van der Waals surface area contributed by atoms with Crippen molar-refractivity contribution in [1.82, 2.24) is 10.2 Å². The van der Waals surface area contributed by atoms with E-state index in [0.29, 0.717) is 11.7 Å². The minimum absolute atomic E-state index is 0.149. The number of carbonyl (C=O) groups excluding carboxylic acids is 1. The lowest BCUT2D eigenvalue weighted by atomic mass is 9.96. The van der Waals surface area contributed by atoms with Gasteiger partial charge in [0.2, 0.25) is 5.91 Å². The van der Waals surface area contributed by atoms with Gasteiger partial charge in [-0.3, -0.25) is 9.89 Å².